The lowest BCUT2D eigenvalue weighted by atomic mass is 9.99. The van der Waals surface area contributed by atoms with Crippen LogP contribution in [-0.4, -0.2) is 17.4 Å². The second-order valence-electron chi connectivity index (χ2n) is 3.75. The Labute approximate surface area is 114 Å². The zero-order valence-electron chi connectivity index (χ0n) is 9.47. The highest BCUT2D eigenvalue weighted by molar-refractivity contribution is 5.85. The summed E-state index contributed by atoms with van der Waals surface area (Å²) in [5, 5.41) is 8.85. The molecule has 3 N–H and O–H groups in total. The van der Waals surface area contributed by atoms with E-state index in [9.17, 15) is 30.7 Å². The number of nitrogens with two attached hydrogens (primary N) is 1. The molecule has 0 spiro atoms. The summed E-state index contributed by atoms with van der Waals surface area (Å²) in [6.45, 7) is 0. The molecule has 116 valence electrons. The highest BCUT2D eigenvalue weighted by atomic mass is 35.5. The van der Waals surface area contributed by atoms with Gasteiger partial charge in [0, 0.05) is 0 Å². The van der Waals surface area contributed by atoms with E-state index in [2.05, 4.69) is 0 Å². The zero-order chi connectivity index (χ0) is 15.0. The van der Waals surface area contributed by atoms with Gasteiger partial charge in [0.1, 0.15) is 5.82 Å². The maximum atomic E-state index is 12.9. The molecule has 20 heavy (non-hydrogen) atoms. The topological polar surface area (TPSA) is 46.2 Å². The van der Waals surface area contributed by atoms with Crippen molar-refractivity contribution in [2.75, 3.05) is 0 Å². The van der Waals surface area contributed by atoms with Crippen LogP contribution in [0.5, 0.6) is 0 Å². The van der Waals surface area contributed by atoms with Crippen LogP contribution in [0.25, 0.3) is 0 Å². The Morgan fingerprint density at radius 2 is 1.55 bits per heavy atom. The molecule has 0 bridgehead atoms. The molecule has 2 nitrogen and oxygen atoms in total. The first-order valence-electron chi connectivity index (χ1n) is 4.81. The molecule has 0 aliphatic rings. The number of benzene rings is 1. The van der Waals surface area contributed by atoms with Crippen molar-refractivity contribution >= 4 is 12.4 Å². The minimum Gasteiger partial charge on any atom is -0.382 e. The van der Waals surface area contributed by atoms with Gasteiger partial charge in [-0.25, -0.2) is 4.39 Å². The Morgan fingerprint density at radius 1 is 1.05 bits per heavy atom. The first-order chi connectivity index (χ1) is 8.44. The molecule has 0 aromatic heterocycles. The number of rotatable bonds is 2. The van der Waals surface area contributed by atoms with Gasteiger partial charge >= 0.3 is 12.4 Å². The van der Waals surface area contributed by atoms with E-state index >= 15 is 0 Å². The summed E-state index contributed by atoms with van der Waals surface area (Å²) in [4.78, 5) is 0. The van der Waals surface area contributed by atoms with E-state index in [1.54, 1.807) is 0 Å². The Kier molecular flexibility index (Phi) is 5.82. The Hall–Kier alpha value is -1.06. The van der Waals surface area contributed by atoms with Crippen LogP contribution in [0.3, 0.4) is 0 Å². The van der Waals surface area contributed by atoms with Crippen LogP contribution in [0, 0.1) is 5.82 Å². The largest absolute Gasteiger partial charge is 0.419 e. The summed E-state index contributed by atoms with van der Waals surface area (Å²) >= 11 is 0. The van der Waals surface area contributed by atoms with Gasteiger partial charge in [0.2, 0.25) is 0 Å². The molecular formula is C10H9ClF7NO. The second-order valence-corrected chi connectivity index (χ2v) is 3.75. The van der Waals surface area contributed by atoms with Gasteiger partial charge in [-0.15, -0.1) is 12.4 Å². The van der Waals surface area contributed by atoms with Crippen LogP contribution in [0.2, 0.25) is 0 Å². The quantitative estimate of drug-likeness (QED) is 0.820. The van der Waals surface area contributed by atoms with Crippen LogP contribution in [0.4, 0.5) is 30.7 Å². The van der Waals surface area contributed by atoms with E-state index in [0.29, 0.717) is 12.1 Å². The van der Waals surface area contributed by atoms with Crippen molar-refractivity contribution in [2.24, 2.45) is 5.73 Å². The second kappa shape index (κ2) is 6.15. The van der Waals surface area contributed by atoms with Gasteiger partial charge in [-0.1, -0.05) is 6.07 Å². The maximum absolute atomic E-state index is 12.9. The van der Waals surface area contributed by atoms with Crippen molar-refractivity contribution in [3.05, 3.63) is 35.1 Å². The van der Waals surface area contributed by atoms with E-state index in [0.717, 1.165) is 0 Å². The van der Waals surface area contributed by atoms with E-state index in [1.807, 2.05) is 0 Å². The number of alkyl halides is 6. The van der Waals surface area contributed by atoms with Crippen molar-refractivity contribution in [2.45, 2.75) is 24.5 Å². The van der Waals surface area contributed by atoms with Crippen molar-refractivity contribution in [3.63, 3.8) is 0 Å². The molecule has 10 heteroatoms. The van der Waals surface area contributed by atoms with Gasteiger partial charge in [-0.05, 0) is 17.7 Å². The highest BCUT2D eigenvalue weighted by Gasteiger charge is 2.43. The third kappa shape index (κ3) is 4.22. The maximum Gasteiger partial charge on any atom is 0.419 e. The Balaban J connectivity index is 0.00000361. The van der Waals surface area contributed by atoms with Gasteiger partial charge in [0.25, 0.3) is 0 Å². The average molecular weight is 328 g/mol. The van der Waals surface area contributed by atoms with Crippen LogP contribution in [0.1, 0.15) is 17.2 Å². The molecule has 0 radical (unpaired) electrons. The van der Waals surface area contributed by atoms with Gasteiger partial charge < -0.3 is 10.8 Å². The SMILES string of the molecule is Cl.N[C@@H](c1ccc(F)c(C(F)(F)F)c1)[C@H](O)C(F)(F)F. The van der Waals surface area contributed by atoms with Crippen molar-refractivity contribution < 1.29 is 35.8 Å². The van der Waals surface area contributed by atoms with E-state index < -0.39 is 41.4 Å². The normalized spacial score (nSPS) is 15.4. The fourth-order valence-corrected chi connectivity index (χ4v) is 1.35. The molecule has 1 rings (SSSR count). The first kappa shape index (κ1) is 18.9. The number of aliphatic hydroxyl groups excluding tert-OH is 1. The fourth-order valence-electron chi connectivity index (χ4n) is 1.35. The standard InChI is InChI=1S/C10H8F7NO.ClH/c11-6-2-1-4(3-5(6)9(12,13)14)7(18)8(19)10(15,16)17;/h1-3,7-8,19H,18H2;1H/t7-,8-;/m0./s1. The number of hydrogen-bond acceptors (Lipinski definition) is 2. The molecule has 0 aliphatic carbocycles. The van der Waals surface area contributed by atoms with Crippen LogP contribution >= 0.6 is 12.4 Å². The lowest BCUT2D eigenvalue weighted by Gasteiger charge is -2.22. The molecule has 2 atom stereocenters. The molecule has 0 saturated heterocycles. The molecule has 1 aromatic carbocycles. The minimum absolute atomic E-state index is 0. The summed E-state index contributed by atoms with van der Waals surface area (Å²) in [7, 11) is 0. The predicted octanol–water partition coefficient (Wildman–Crippen LogP) is 3.19. The summed E-state index contributed by atoms with van der Waals surface area (Å²) in [6.07, 6.45) is -13.2. The fraction of sp³-hybridized carbons (Fsp3) is 0.400. The van der Waals surface area contributed by atoms with Crippen LogP contribution < -0.4 is 5.73 Å². The number of hydrogen-bond donors (Lipinski definition) is 2. The molecule has 0 fully saturated rings. The minimum atomic E-state index is -5.09. The molecule has 0 amide bonds. The molecule has 0 aliphatic heterocycles. The van der Waals surface area contributed by atoms with Crippen LogP contribution in [-0.2, 0) is 6.18 Å². The molecule has 0 heterocycles. The zero-order valence-corrected chi connectivity index (χ0v) is 10.3. The summed E-state index contributed by atoms with van der Waals surface area (Å²) < 4.78 is 86.5. The first-order valence-corrected chi connectivity index (χ1v) is 4.81. The van der Waals surface area contributed by atoms with Crippen molar-refractivity contribution in [1.82, 2.24) is 0 Å². The monoisotopic (exact) mass is 327 g/mol. The Morgan fingerprint density at radius 3 is 1.95 bits per heavy atom. The number of halogens is 8. The van der Waals surface area contributed by atoms with Crippen LogP contribution in [0.15, 0.2) is 18.2 Å². The van der Waals surface area contributed by atoms with E-state index in [1.165, 1.54) is 0 Å². The molecule has 1 aromatic rings. The smallest absolute Gasteiger partial charge is 0.382 e. The van der Waals surface area contributed by atoms with Gasteiger partial charge in [0.15, 0.2) is 6.10 Å². The summed E-state index contributed by atoms with van der Waals surface area (Å²) in [6, 6.07) is -0.984. The Bertz CT molecular complexity index is 460. The lowest BCUT2D eigenvalue weighted by molar-refractivity contribution is -0.210. The van der Waals surface area contributed by atoms with E-state index in [-0.39, 0.29) is 18.5 Å². The van der Waals surface area contributed by atoms with E-state index in [4.69, 9.17) is 10.8 Å². The van der Waals surface area contributed by atoms with Gasteiger partial charge in [0.05, 0.1) is 11.6 Å². The van der Waals surface area contributed by atoms with Gasteiger partial charge in [-0.2, -0.15) is 26.3 Å². The third-order valence-corrected chi connectivity index (χ3v) is 2.36. The van der Waals surface area contributed by atoms with Crippen molar-refractivity contribution in [1.29, 1.82) is 0 Å². The summed E-state index contributed by atoms with van der Waals surface area (Å²) in [5.41, 5.74) is 2.62. The molecular weight excluding hydrogens is 319 g/mol. The third-order valence-electron chi connectivity index (χ3n) is 2.36. The predicted molar refractivity (Wildman–Crippen MR) is 57.6 cm³/mol. The number of aliphatic hydroxyl groups is 1. The lowest BCUT2D eigenvalue weighted by Crippen LogP contribution is -2.39. The summed E-state index contributed by atoms with van der Waals surface area (Å²) in [5.74, 6) is -1.63. The van der Waals surface area contributed by atoms with Gasteiger partial charge in [-0.3, -0.25) is 0 Å². The highest BCUT2D eigenvalue weighted by Crippen LogP contribution is 2.35. The molecule has 0 unspecified atom stereocenters. The van der Waals surface area contributed by atoms with Crippen molar-refractivity contribution in [3.8, 4) is 0 Å². The molecule has 0 saturated carbocycles. The average Bonchev–Trinajstić information content (AvgIpc) is 2.25.